The van der Waals surface area contributed by atoms with Crippen LogP contribution < -0.4 is 14.8 Å². The van der Waals surface area contributed by atoms with Crippen molar-refractivity contribution >= 4 is 17.5 Å². The van der Waals surface area contributed by atoms with Crippen molar-refractivity contribution in [2.24, 2.45) is 16.7 Å². The zero-order valence-electron chi connectivity index (χ0n) is 25.0. The first-order chi connectivity index (χ1) is 20.4. The second kappa shape index (κ2) is 11.7. The zero-order valence-corrected chi connectivity index (χ0v) is 25.8. The molecule has 1 aromatic carbocycles. The van der Waals surface area contributed by atoms with Gasteiger partial charge in [-0.3, -0.25) is 9.48 Å². The van der Waals surface area contributed by atoms with Gasteiger partial charge < -0.3 is 14.8 Å². The van der Waals surface area contributed by atoms with Crippen LogP contribution in [-0.2, 0) is 6.54 Å². The molecule has 43 heavy (non-hydrogen) atoms. The summed E-state index contributed by atoms with van der Waals surface area (Å²) in [5.74, 6) is 1.10. The number of nitriles is 1. The van der Waals surface area contributed by atoms with Crippen molar-refractivity contribution < 1.29 is 14.3 Å². The molecule has 11 heteroatoms. The number of amides is 1. The van der Waals surface area contributed by atoms with E-state index in [4.69, 9.17) is 26.3 Å². The number of halogens is 1. The minimum Gasteiger partial charge on any atom is -0.489 e. The second-order valence-corrected chi connectivity index (χ2v) is 12.8. The van der Waals surface area contributed by atoms with E-state index >= 15 is 0 Å². The van der Waals surface area contributed by atoms with E-state index in [0.29, 0.717) is 33.7 Å². The van der Waals surface area contributed by atoms with Crippen LogP contribution in [-0.4, -0.2) is 42.8 Å². The Labute approximate surface area is 256 Å². The summed E-state index contributed by atoms with van der Waals surface area (Å²) in [6.45, 7) is 13.3. The number of pyridine rings is 1. The SMILES string of the molecule is CC(C)Cn1cc(-c2ccnc(Oc3ncc(C(=O)NC4C(C)(C)C(Oc5ccc(C#N)c(Cl)c5)C4(C)C)cn3)c2)cn1. The molecule has 1 N–H and O–H groups in total. The fraction of sp³-hybridized carbons (Fsp3) is 0.375. The van der Waals surface area contributed by atoms with Gasteiger partial charge in [-0.1, -0.05) is 53.1 Å². The predicted octanol–water partition coefficient (Wildman–Crippen LogP) is 6.32. The Morgan fingerprint density at radius 3 is 2.44 bits per heavy atom. The lowest BCUT2D eigenvalue weighted by Gasteiger charge is -2.63. The van der Waals surface area contributed by atoms with E-state index in [1.54, 1.807) is 30.5 Å². The van der Waals surface area contributed by atoms with Crippen molar-refractivity contribution in [3.05, 3.63) is 77.5 Å². The second-order valence-electron chi connectivity index (χ2n) is 12.4. The monoisotopic (exact) mass is 599 g/mol. The third-order valence-electron chi connectivity index (χ3n) is 7.77. The van der Waals surface area contributed by atoms with Crippen molar-refractivity contribution in [2.45, 2.75) is 60.2 Å². The van der Waals surface area contributed by atoms with Gasteiger partial charge in [0.25, 0.3) is 5.91 Å². The number of aromatic nitrogens is 5. The molecule has 0 bridgehead atoms. The van der Waals surface area contributed by atoms with Crippen LogP contribution in [0.15, 0.2) is 61.3 Å². The van der Waals surface area contributed by atoms with Crippen LogP contribution in [0.2, 0.25) is 5.02 Å². The van der Waals surface area contributed by atoms with Crippen LogP contribution in [0.4, 0.5) is 0 Å². The topological polar surface area (TPSA) is 128 Å². The van der Waals surface area contributed by atoms with Crippen LogP contribution in [0.3, 0.4) is 0 Å². The Morgan fingerprint density at radius 1 is 1.07 bits per heavy atom. The number of benzene rings is 1. The first kappa shape index (κ1) is 30.0. The van der Waals surface area contributed by atoms with Crippen LogP contribution in [0.1, 0.15) is 57.5 Å². The lowest BCUT2D eigenvalue weighted by Crippen LogP contribution is -2.74. The summed E-state index contributed by atoms with van der Waals surface area (Å²) in [5, 5.41) is 17.0. The quantitative estimate of drug-likeness (QED) is 0.237. The molecule has 1 aliphatic rings. The van der Waals surface area contributed by atoms with E-state index in [1.165, 1.54) is 12.4 Å². The highest BCUT2D eigenvalue weighted by Crippen LogP contribution is 2.55. The van der Waals surface area contributed by atoms with Crippen LogP contribution >= 0.6 is 11.6 Å². The molecule has 1 aliphatic carbocycles. The highest BCUT2D eigenvalue weighted by molar-refractivity contribution is 6.31. The van der Waals surface area contributed by atoms with Crippen molar-refractivity contribution in [3.63, 3.8) is 0 Å². The van der Waals surface area contributed by atoms with Gasteiger partial charge in [-0.15, -0.1) is 0 Å². The molecule has 1 saturated carbocycles. The summed E-state index contributed by atoms with van der Waals surface area (Å²) in [6.07, 6.45) is 8.11. The number of nitrogens with one attached hydrogen (secondary N) is 1. The molecule has 4 aromatic rings. The number of carbonyl (C=O) groups is 1. The Hall–Kier alpha value is -4.49. The Morgan fingerprint density at radius 2 is 1.79 bits per heavy atom. The molecule has 0 radical (unpaired) electrons. The fourth-order valence-electron chi connectivity index (χ4n) is 6.02. The lowest BCUT2D eigenvalue weighted by atomic mass is 9.49. The Kier molecular flexibility index (Phi) is 8.12. The van der Waals surface area contributed by atoms with Gasteiger partial charge in [0, 0.05) is 65.9 Å². The number of hydrogen-bond acceptors (Lipinski definition) is 8. The minimum atomic E-state index is -0.397. The third kappa shape index (κ3) is 6.18. The Balaban J connectivity index is 1.22. The van der Waals surface area contributed by atoms with Gasteiger partial charge in [0.05, 0.1) is 22.3 Å². The molecular formula is C32H34ClN7O3. The lowest BCUT2D eigenvalue weighted by molar-refractivity contribution is -0.164. The molecule has 5 rings (SSSR count). The number of rotatable bonds is 9. The number of hydrogen-bond donors (Lipinski definition) is 1. The molecular weight excluding hydrogens is 566 g/mol. The predicted molar refractivity (Wildman–Crippen MR) is 162 cm³/mol. The molecule has 10 nitrogen and oxygen atoms in total. The molecule has 0 unspecified atom stereocenters. The first-order valence-corrected chi connectivity index (χ1v) is 14.4. The van der Waals surface area contributed by atoms with E-state index in [2.05, 4.69) is 45.3 Å². The summed E-state index contributed by atoms with van der Waals surface area (Å²) in [6, 6.07) is 10.6. The maximum atomic E-state index is 13.2. The average molecular weight is 600 g/mol. The van der Waals surface area contributed by atoms with E-state index in [0.717, 1.165) is 17.7 Å². The van der Waals surface area contributed by atoms with Crippen LogP contribution in [0.5, 0.6) is 17.6 Å². The molecule has 0 saturated heterocycles. The molecule has 3 heterocycles. The maximum Gasteiger partial charge on any atom is 0.323 e. The van der Waals surface area contributed by atoms with Gasteiger partial charge >= 0.3 is 6.01 Å². The largest absolute Gasteiger partial charge is 0.489 e. The summed E-state index contributed by atoms with van der Waals surface area (Å²) in [7, 11) is 0. The highest BCUT2D eigenvalue weighted by atomic mass is 35.5. The van der Waals surface area contributed by atoms with Gasteiger partial charge in [0.15, 0.2) is 0 Å². The molecule has 0 atom stereocenters. The van der Waals surface area contributed by atoms with Crippen molar-refractivity contribution in [1.29, 1.82) is 5.26 Å². The van der Waals surface area contributed by atoms with Crippen LogP contribution in [0, 0.1) is 28.1 Å². The van der Waals surface area contributed by atoms with E-state index in [-0.39, 0.29) is 24.1 Å². The molecule has 1 fully saturated rings. The number of ether oxygens (including phenoxy) is 2. The van der Waals surface area contributed by atoms with Crippen LogP contribution in [0.25, 0.3) is 11.1 Å². The van der Waals surface area contributed by atoms with Gasteiger partial charge in [-0.05, 0) is 29.7 Å². The fourth-order valence-corrected chi connectivity index (χ4v) is 6.23. The first-order valence-electron chi connectivity index (χ1n) is 14.0. The summed E-state index contributed by atoms with van der Waals surface area (Å²) < 4.78 is 14.0. The smallest absolute Gasteiger partial charge is 0.323 e. The molecule has 0 aliphatic heterocycles. The van der Waals surface area contributed by atoms with Crippen molar-refractivity contribution in [1.82, 2.24) is 30.0 Å². The summed E-state index contributed by atoms with van der Waals surface area (Å²) in [5.41, 5.74) is 1.76. The normalized spacial score (nSPS) is 18.4. The molecule has 0 spiro atoms. The minimum absolute atomic E-state index is 0.0792. The molecule has 1 amide bonds. The molecule has 222 valence electrons. The average Bonchev–Trinajstić information content (AvgIpc) is 3.43. The standard InChI is InChI=1S/C32H34ClN7O3/c1-19(2)17-40-18-23(16-38-40)20-9-10-35-26(11-20)43-30-36-14-22(15-37-30)27(41)39-28-31(3,4)29(32(28,5)6)42-24-8-7-21(13-34)25(33)12-24/h7-12,14-16,18-19,28-29H,17H2,1-6H3,(H,39,41). The van der Waals surface area contributed by atoms with E-state index in [9.17, 15) is 4.79 Å². The summed E-state index contributed by atoms with van der Waals surface area (Å²) in [4.78, 5) is 26.0. The maximum absolute atomic E-state index is 13.2. The van der Waals surface area contributed by atoms with Gasteiger partial charge in [0.2, 0.25) is 5.88 Å². The number of nitrogens with zero attached hydrogens (tertiary/aromatic N) is 6. The van der Waals surface area contributed by atoms with Gasteiger partial charge in [-0.2, -0.15) is 10.4 Å². The Bertz CT molecular complexity index is 1660. The number of carbonyl (C=O) groups excluding carboxylic acids is 1. The van der Waals surface area contributed by atoms with Crippen molar-refractivity contribution in [3.8, 4) is 34.8 Å². The summed E-state index contributed by atoms with van der Waals surface area (Å²) >= 11 is 6.20. The molecule has 3 aromatic heterocycles. The highest BCUT2D eigenvalue weighted by Gasteiger charge is 2.64. The third-order valence-corrected chi connectivity index (χ3v) is 8.08. The van der Waals surface area contributed by atoms with Gasteiger partial charge in [0.1, 0.15) is 17.9 Å². The van der Waals surface area contributed by atoms with E-state index < -0.39 is 10.8 Å². The van der Waals surface area contributed by atoms with E-state index in [1.807, 2.05) is 50.8 Å². The zero-order chi connectivity index (χ0) is 30.9. The van der Waals surface area contributed by atoms with Gasteiger partial charge in [-0.25, -0.2) is 15.0 Å². The van der Waals surface area contributed by atoms with Crippen molar-refractivity contribution in [2.75, 3.05) is 0 Å².